The Morgan fingerprint density at radius 1 is 1.28 bits per heavy atom. The maximum Gasteiger partial charge on any atom is 0.387 e. The van der Waals surface area contributed by atoms with Crippen LogP contribution in [0.3, 0.4) is 0 Å². The van der Waals surface area contributed by atoms with E-state index in [2.05, 4.69) is 9.72 Å². The van der Waals surface area contributed by atoms with E-state index < -0.39 is 19.1 Å². The molecule has 1 aromatic carbocycles. The molecule has 0 aliphatic rings. The molecule has 0 spiro atoms. The number of hydrogen-bond acceptors (Lipinski definition) is 4. The number of nitrogens with zero attached hydrogens (tertiary/aromatic N) is 3. The van der Waals surface area contributed by atoms with Crippen LogP contribution < -0.4 is 9.47 Å². The lowest BCUT2D eigenvalue weighted by atomic mass is 10.1. The Hall–Kier alpha value is -2.78. The first-order chi connectivity index (χ1) is 11.8. The van der Waals surface area contributed by atoms with E-state index in [0.29, 0.717) is 4.57 Å². The molecule has 0 atom stereocenters. The lowest BCUT2D eigenvalue weighted by Crippen LogP contribution is -2.28. The SMILES string of the molecule is COc1cc(C(=O)N(C)Cc2nccn2C(F)F)ccc1OC(F)F. The number of ether oxygens (including phenoxy) is 2. The number of carbonyl (C=O) groups excluding carboxylic acids is 1. The number of imidazole rings is 1. The quantitative estimate of drug-likeness (QED) is 0.711. The van der Waals surface area contributed by atoms with Gasteiger partial charge < -0.3 is 14.4 Å². The van der Waals surface area contributed by atoms with Crippen molar-refractivity contribution >= 4 is 5.91 Å². The minimum absolute atomic E-state index is 0.00969. The summed E-state index contributed by atoms with van der Waals surface area (Å²) < 4.78 is 60.1. The summed E-state index contributed by atoms with van der Waals surface area (Å²) in [6.07, 6.45) is 2.32. The Balaban J connectivity index is 2.17. The molecule has 0 radical (unpaired) electrons. The third-order valence-electron chi connectivity index (χ3n) is 3.31. The zero-order valence-corrected chi connectivity index (χ0v) is 13.3. The summed E-state index contributed by atoms with van der Waals surface area (Å²) in [5, 5.41) is 0. The van der Waals surface area contributed by atoms with Crippen molar-refractivity contribution in [3.63, 3.8) is 0 Å². The average Bonchev–Trinajstić information content (AvgIpc) is 3.02. The molecular formula is C15H15F4N3O3. The molecular weight excluding hydrogens is 346 g/mol. The van der Waals surface area contributed by atoms with Crippen LogP contribution in [0.2, 0.25) is 0 Å². The molecule has 1 aromatic heterocycles. The molecule has 6 nitrogen and oxygen atoms in total. The molecule has 1 amide bonds. The first kappa shape index (κ1) is 18.6. The van der Waals surface area contributed by atoms with E-state index in [4.69, 9.17) is 4.74 Å². The number of halogens is 4. The number of benzene rings is 1. The normalized spacial score (nSPS) is 11.0. The number of methoxy groups -OCH3 is 1. The zero-order chi connectivity index (χ0) is 18.6. The van der Waals surface area contributed by atoms with Crippen molar-refractivity contribution in [2.75, 3.05) is 14.2 Å². The number of aromatic nitrogens is 2. The van der Waals surface area contributed by atoms with Crippen molar-refractivity contribution in [1.82, 2.24) is 14.5 Å². The van der Waals surface area contributed by atoms with Crippen molar-refractivity contribution in [3.05, 3.63) is 42.0 Å². The molecule has 0 aliphatic carbocycles. The summed E-state index contributed by atoms with van der Waals surface area (Å²) in [6, 6.07) is 3.68. The molecule has 2 rings (SSSR count). The van der Waals surface area contributed by atoms with Crippen LogP contribution in [0.15, 0.2) is 30.6 Å². The first-order valence-corrected chi connectivity index (χ1v) is 7.01. The highest BCUT2D eigenvalue weighted by atomic mass is 19.3. The number of rotatable bonds is 7. The van der Waals surface area contributed by atoms with E-state index in [1.54, 1.807) is 0 Å². The van der Waals surface area contributed by atoms with Gasteiger partial charge in [-0.2, -0.15) is 17.6 Å². The zero-order valence-electron chi connectivity index (χ0n) is 13.3. The molecule has 25 heavy (non-hydrogen) atoms. The highest BCUT2D eigenvalue weighted by molar-refractivity contribution is 5.94. The fourth-order valence-electron chi connectivity index (χ4n) is 2.14. The van der Waals surface area contributed by atoms with E-state index in [0.717, 1.165) is 6.20 Å². The summed E-state index contributed by atoms with van der Waals surface area (Å²) in [4.78, 5) is 17.4. The van der Waals surface area contributed by atoms with E-state index in [-0.39, 0.29) is 29.4 Å². The van der Waals surface area contributed by atoms with Crippen LogP contribution in [0.4, 0.5) is 17.6 Å². The number of hydrogen-bond donors (Lipinski definition) is 0. The fraction of sp³-hybridized carbons (Fsp3) is 0.333. The van der Waals surface area contributed by atoms with Gasteiger partial charge in [0.05, 0.1) is 13.7 Å². The minimum atomic E-state index is -3.04. The van der Waals surface area contributed by atoms with Crippen LogP contribution in [0.25, 0.3) is 0 Å². The minimum Gasteiger partial charge on any atom is -0.493 e. The van der Waals surface area contributed by atoms with Crippen molar-refractivity contribution in [1.29, 1.82) is 0 Å². The Morgan fingerprint density at radius 3 is 2.60 bits per heavy atom. The van der Waals surface area contributed by atoms with Gasteiger partial charge in [-0.15, -0.1) is 0 Å². The topological polar surface area (TPSA) is 56.6 Å². The van der Waals surface area contributed by atoms with Gasteiger partial charge in [-0.25, -0.2) is 4.98 Å². The van der Waals surface area contributed by atoms with Crippen LogP contribution in [0.5, 0.6) is 11.5 Å². The predicted molar refractivity (Wildman–Crippen MR) is 78.9 cm³/mol. The van der Waals surface area contributed by atoms with Crippen LogP contribution in [-0.4, -0.2) is 41.1 Å². The van der Waals surface area contributed by atoms with Crippen LogP contribution >= 0.6 is 0 Å². The smallest absolute Gasteiger partial charge is 0.387 e. The third kappa shape index (κ3) is 4.40. The van der Waals surface area contributed by atoms with Gasteiger partial charge >= 0.3 is 13.2 Å². The highest BCUT2D eigenvalue weighted by Crippen LogP contribution is 2.30. The molecule has 0 unspecified atom stereocenters. The summed E-state index contributed by atoms with van der Waals surface area (Å²) in [5.74, 6) is -0.778. The van der Waals surface area contributed by atoms with Crippen LogP contribution in [0.1, 0.15) is 22.7 Å². The summed E-state index contributed by atoms with van der Waals surface area (Å²) in [5.41, 5.74) is 0.121. The van der Waals surface area contributed by atoms with Gasteiger partial charge in [-0.1, -0.05) is 0 Å². The maximum absolute atomic E-state index is 12.8. The van der Waals surface area contributed by atoms with E-state index in [9.17, 15) is 22.4 Å². The van der Waals surface area contributed by atoms with Crippen molar-refractivity contribution in [2.24, 2.45) is 0 Å². The van der Waals surface area contributed by atoms with Gasteiger partial charge in [0.15, 0.2) is 11.5 Å². The average molecular weight is 361 g/mol. The molecule has 0 saturated carbocycles. The summed E-state index contributed by atoms with van der Waals surface area (Å²) in [6.45, 7) is -5.97. The van der Waals surface area contributed by atoms with Gasteiger partial charge in [0.25, 0.3) is 5.91 Å². The second kappa shape index (κ2) is 7.86. The molecule has 10 heteroatoms. The van der Waals surface area contributed by atoms with E-state index in [1.165, 1.54) is 43.5 Å². The molecule has 2 aromatic rings. The standard InChI is InChI=1S/C15H15F4N3O3/c1-21(8-12-20-5-6-22(12)14(16)17)13(23)9-3-4-10(25-15(18)19)11(7-9)24-2/h3-7,14-15H,8H2,1-2H3. The highest BCUT2D eigenvalue weighted by Gasteiger charge is 2.19. The van der Waals surface area contributed by atoms with Gasteiger partial charge in [0.1, 0.15) is 5.82 Å². The number of carbonyl (C=O) groups is 1. The largest absolute Gasteiger partial charge is 0.493 e. The van der Waals surface area contributed by atoms with Gasteiger partial charge in [-0.05, 0) is 18.2 Å². The molecule has 0 fully saturated rings. The van der Waals surface area contributed by atoms with Crippen molar-refractivity contribution in [2.45, 2.75) is 19.7 Å². The Kier molecular flexibility index (Phi) is 5.84. The number of alkyl halides is 4. The molecule has 0 saturated heterocycles. The van der Waals surface area contributed by atoms with E-state index in [1.807, 2.05) is 0 Å². The summed E-state index contributed by atoms with van der Waals surface area (Å²) >= 11 is 0. The van der Waals surface area contributed by atoms with Gasteiger partial charge in [0, 0.05) is 25.0 Å². The molecule has 1 heterocycles. The first-order valence-electron chi connectivity index (χ1n) is 7.01. The fourth-order valence-corrected chi connectivity index (χ4v) is 2.14. The Morgan fingerprint density at radius 2 is 2.00 bits per heavy atom. The second-order valence-corrected chi connectivity index (χ2v) is 4.93. The Labute approximate surface area is 140 Å². The molecule has 0 N–H and O–H groups in total. The second-order valence-electron chi connectivity index (χ2n) is 4.93. The lowest BCUT2D eigenvalue weighted by Gasteiger charge is -2.18. The van der Waals surface area contributed by atoms with E-state index >= 15 is 0 Å². The Bertz CT molecular complexity index is 737. The van der Waals surface area contributed by atoms with Gasteiger partial charge in [-0.3, -0.25) is 9.36 Å². The van der Waals surface area contributed by atoms with Crippen LogP contribution in [0, 0.1) is 0 Å². The monoisotopic (exact) mass is 361 g/mol. The van der Waals surface area contributed by atoms with Crippen LogP contribution in [-0.2, 0) is 6.54 Å². The maximum atomic E-state index is 12.8. The summed E-state index contributed by atoms with van der Waals surface area (Å²) in [7, 11) is 2.65. The number of amides is 1. The molecule has 0 bridgehead atoms. The van der Waals surface area contributed by atoms with Crippen molar-refractivity contribution < 1.29 is 31.8 Å². The van der Waals surface area contributed by atoms with Crippen molar-refractivity contribution in [3.8, 4) is 11.5 Å². The third-order valence-corrected chi connectivity index (χ3v) is 3.31. The molecule has 0 aliphatic heterocycles. The lowest BCUT2D eigenvalue weighted by molar-refractivity contribution is -0.0512. The predicted octanol–water partition coefficient (Wildman–Crippen LogP) is 3.16. The van der Waals surface area contributed by atoms with Gasteiger partial charge in [0.2, 0.25) is 0 Å². The molecule has 136 valence electrons.